The summed E-state index contributed by atoms with van der Waals surface area (Å²) in [5.74, 6) is 0.892. The molecule has 0 aliphatic carbocycles. The molecular weight excluding hydrogens is 340 g/mol. The number of nitrogens with zero attached hydrogens (tertiary/aromatic N) is 3. The first kappa shape index (κ1) is 18.3. The summed E-state index contributed by atoms with van der Waals surface area (Å²) < 4.78 is 5.78. The number of nitro benzene ring substituents is 1. The molecule has 1 N–H and O–H groups in total. The van der Waals surface area contributed by atoms with Gasteiger partial charge in [-0.25, -0.2) is 4.99 Å². The first-order valence-corrected chi connectivity index (χ1v) is 8.47. The molecule has 25 heavy (non-hydrogen) atoms. The molecule has 0 saturated heterocycles. The summed E-state index contributed by atoms with van der Waals surface area (Å²) in [7, 11) is 0. The van der Waals surface area contributed by atoms with Crippen molar-refractivity contribution in [1.82, 2.24) is 5.32 Å². The molecule has 0 radical (unpaired) electrons. The highest BCUT2D eigenvalue weighted by Crippen LogP contribution is 2.32. The maximum Gasteiger partial charge on any atom is 0.275 e. The second-order valence-electron chi connectivity index (χ2n) is 5.23. The highest BCUT2D eigenvalue weighted by Gasteiger charge is 2.12. The number of benzene rings is 2. The fraction of sp³-hybridized carbons (Fsp3) is 0.176. The standard InChI is InChI=1S/C17H16N4O3S/c1-11-4-12(2)6-15(5-11)24-16-8-13(7-14(9-16)21(22)23)20-17(25-3)19-10-18/h4-9H,1-3H3,(H,19,20). The van der Waals surface area contributed by atoms with Gasteiger partial charge >= 0.3 is 0 Å². The van der Waals surface area contributed by atoms with Crippen molar-refractivity contribution in [1.29, 1.82) is 5.26 Å². The molecule has 2 aromatic carbocycles. The summed E-state index contributed by atoms with van der Waals surface area (Å²) in [6.07, 6.45) is 3.52. The van der Waals surface area contributed by atoms with Crippen LogP contribution in [0.2, 0.25) is 0 Å². The first-order valence-electron chi connectivity index (χ1n) is 7.24. The van der Waals surface area contributed by atoms with Crippen LogP contribution in [0, 0.1) is 35.4 Å². The molecule has 0 spiro atoms. The van der Waals surface area contributed by atoms with Crippen LogP contribution in [0.4, 0.5) is 11.4 Å². The van der Waals surface area contributed by atoms with Gasteiger partial charge in [-0.05, 0) is 43.4 Å². The van der Waals surface area contributed by atoms with Crippen LogP contribution in [-0.2, 0) is 0 Å². The van der Waals surface area contributed by atoms with Crippen LogP contribution < -0.4 is 10.1 Å². The van der Waals surface area contributed by atoms with Crippen molar-refractivity contribution in [3.8, 4) is 17.7 Å². The van der Waals surface area contributed by atoms with Gasteiger partial charge < -0.3 is 4.74 Å². The van der Waals surface area contributed by atoms with E-state index in [1.54, 1.807) is 18.5 Å². The number of nitro groups is 1. The molecule has 8 heteroatoms. The lowest BCUT2D eigenvalue weighted by molar-refractivity contribution is -0.384. The van der Waals surface area contributed by atoms with Crippen LogP contribution in [-0.4, -0.2) is 16.3 Å². The number of nitrogens with one attached hydrogen (secondary N) is 1. The van der Waals surface area contributed by atoms with E-state index in [1.165, 1.54) is 23.9 Å². The maximum atomic E-state index is 11.2. The van der Waals surface area contributed by atoms with Crippen molar-refractivity contribution in [3.63, 3.8) is 0 Å². The average Bonchev–Trinajstić information content (AvgIpc) is 2.53. The van der Waals surface area contributed by atoms with Crippen molar-refractivity contribution in [2.75, 3.05) is 6.26 Å². The third-order valence-corrected chi connectivity index (χ3v) is 3.68. The van der Waals surface area contributed by atoms with E-state index in [2.05, 4.69) is 10.3 Å². The Bertz CT molecular complexity index is 854. The highest BCUT2D eigenvalue weighted by atomic mass is 32.2. The van der Waals surface area contributed by atoms with Gasteiger partial charge in [-0.15, -0.1) is 0 Å². The molecule has 2 aromatic rings. The number of aryl methyl sites for hydroxylation is 2. The lowest BCUT2D eigenvalue weighted by atomic mass is 10.1. The predicted octanol–water partition coefficient (Wildman–Crippen LogP) is 4.43. The summed E-state index contributed by atoms with van der Waals surface area (Å²) in [4.78, 5) is 14.9. The van der Waals surface area contributed by atoms with Gasteiger partial charge in [0.25, 0.3) is 5.69 Å². The van der Waals surface area contributed by atoms with E-state index in [1.807, 2.05) is 32.0 Å². The van der Waals surface area contributed by atoms with Crippen molar-refractivity contribution >= 4 is 28.3 Å². The third kappa shape index (κ3) is 5.22. The molecule has 0 fully saturated rings. The zero-order chi connectivity index (χ0) is 18.4. The number of hydrogen-bond donors (Lipinski definition) is 1. The SMILES string of the molecule is CSC(=Nc1cc(Oc2cc(C)cc(C)c2)cc([N+](=O)[O-])c1)NC#N. The monoisotopic (exact) mass is 356 g/mol. The van der Waals surface area contributed by atoms with Crippen LogP contribution in [0.5, 0.6) is 11.5 Å². The first-order chi connectivity index (χ1) is 11.9. The normalized spacial score (nSPS) is 10.9. The molecular formula is C17H16N4O3S. The number of nitriles is 1. The molecule has 0 bridgehead atoms. The molecule has 0 aliphatic rings. The van der Waals surface area contributed by atoms with Crippen molar-refractivity contribution in [3.05, 3.63) is 57.6 Å². The lowest BCUT2D eigenvalue weighted by Gasteiger charge is -2.09. The van der Waals surface area contributed by atoms with Gasteiger partial charge in [0.05, 0.1) is 16.7 Å². The lowest BCUT2D eigenvalue weighted by Crippen LogP contribution is -2.12. The van der Waals surface area contributed by atoms with E-state index in [4.69, 9.17) is 10.00 Å². The van der Waals surface area contributed by atoms with Crippen LogP contribution >= 0.6 is 11.8 Å². The summed E-state index contributed by atoms with van der Waals surface area (Å²) in [5, 5.41) is 22.6. The van der Waals surface area contributed by atoms with Crippen LogP contribution in [0.15, 0.2) is 41.4 Å². The zero-order valence-electron chi connectivity index (χ0n) is 13.9. The Balaban J connectivity index is 2.43. The Morgan fingerprint density at radius 3 is 2.40 bits per heavy atom. The van der Waals surface area contributed by atoms with Gasteiger partial charge in [0.1, 0.15) is 11.5 Å². The van der Waals surface area contributed by atoms with Crippen molar-refractivity contribution in [2.24, 2.45) is 4.99 Å². The maximum absolute atomic E-state index is 11.2. The van der Waals surface area contributed by atoms with Gasteiger partial charge in [0, 0.05) is 12.1 Å². The number of aliphatic imine (C=N–C) groups is 1. The number of hydrogen-bond acceptors (Lipinski definition) is 6. The molecule has 0 aromatic heterocycles. The van der Waals surface area contributed by atoms with Crippen LogP contribution in [0.3, 0.4) is 0 Å². The van der Waals surface area contributed by atoms with E-state index < -0.39 is 4.92 Å². The van der Waals surface area contributed by atoms with E-state index in [-0.39, 0.29) is 5.69 Å². The van der Waals surface area contributed by atoms with Crippen molar-refractivity contribution < 1.29 is 9.66 Å². The molecule has 0 unspecified atom stereocenters. The summed E-state index contributed by atoms with van der Waals surface area (Å²) in [6.45, 7) is 3.89. The van der Waals surface area contributed by atoms with Gasteiger partial charge in [-0.1, -0.05) is 17.8 Å². The minimum Gasteiger partial charge on any atom is -0.457 e. The quantitative estimate of drug-likeness (QED) is 0.217. The Morgan fingerprint density at radius 1 is 1.20 bits per heavy atom. The summed E-state index contributed by atoms with van der Waals surface area (Å²) in [5.41, 5.74) is 2.24. The van der Waals surface area contributed by atoms with E-state index in [0.717, 1.165) is 11.1 Å². The van der Waals surface area contributed by atoms with E-state index >= 15 is 0 Å². The van der Waals surface area contributed by atoms with Crippen molar-refractivity contribution in [2.45, 2.75) is 13.8 Å². The summed E-state index contributed by atoms with van der Waals surface area (Å²) in [6, 6.07) is 9.95. The van der Waals surface area contributed by atoms with Gasteiger partial charge in [-0.2, -0.15) is 5.26 Å². The fourth-order valence-electron chi connectivity index (χ4n) is 2.21. The molecule has 0 atom stereocenters. The molecule has 0 saturated carbocycles. The number of ether oxygens (including phenoxy) is 1. The largest absolute Gasteiger partial charge is 0.457 e. The topological polar surface area (TPSA) is 101 Å². The summed E-state index contributed by atoms with van der Waals surface area (Å²) >= 11 is 1.22. The molecule has 0 amide bonds. The van der Waals surface area contributed by atoms with Gasteiger partial charge in [0.15, 0.2) is 11.4 Å². The Labute approximate surface area is 149 Å². The van der Waals surface area contributed by atoms with Crippen LogP contribution in [0.1, 0.15) is 11.1 Å². The zero-order valence-corrected chi connectivity index (χ0v) is 14.8. The average molecular weight is 356 g/mol. The van der Waals surface area contributed by atoms with Crippen LogP contribution in [0.25, 0.3) is 0 Å². The molecule has 0 heterocycles. The smallest absolute Gasteiger partial charge is 0.275 e. The third-order valence-electron chi connectivity index (χ3n) is 3.10. The Morgan fingerprint density at radius 2 is 1.84 bits per heavy atom. The Hall–Kier alpha value is -3.05. The predicted molar refractivity (Wildman–Crippen MR) is 98.4 cm³/mol. The highest BCUT2D eigenvalue weighted by molar-refractivity contribution is 8.13. The second-order valence-corrected chi connectivity index (χ2v) is 6.02. The molecule has 128 valence electrons. The number of non-ortho nitro benzene ring substituents is 1. The van der Waals surface area contributed by atoms with E-state index in [0.29, 0.717) is 22.4 Å². The number of thioether (sulfide) groups is 1. The van der Waals surface area contributed by atoms with Gasteiger partial charge in [0.2, 0.25) is 0 Å². The number of rotatable bonds is 4. The minimum atomic E-state index is -0.510. The Kier molecular flexibility index (Phi) is 5.98. The minimum absolute atomic E-state index is 0.141. The molecule has 2 rings (SSSR count). The second kappa shape index (κ2) is 8.17. The molecule has 0 aliphatic heterocycles. The molecule has 7 nitrogen and oxygen atoms in total. The fourth-order valence-corrected chi connectivity index (χ4v) is 2.56. The van der Waals surface area contributed by atoms with E-state index in [9.17, 15) is 10.1 Å². The number of amidine groups is 1. The van der Waals surface area contributed by atoms with Gasteiger partial charge in [-0.3, -0.25) is 15.4 Å².